The summed E-state index contributed by atoms with van der Waals surface area (Å²) in [5.41, 5.74) is 1.94. The summed E-state index contributed by atoms with van der Waals surface area (Å²) < 4.78 is 0. The van der Waals surface area contributed by atoms with Gasteiger partial charge in [-0.1, -0.05) is 18.2 Å². The minimum atomic E-state index is -0.172. The zero-order valence-electron chi connectivity index (χ0n) is 11.8. The molecule has 4 nitrogen and oxygen atoms in total. The van der Waals surface area contributed by atoms with Crippen LogP contribution in [0.1, 0.15) is 10.4 Å². The van der Waals surface area contributed by atoms with Crippen LogP contribution in [0.2, 0.25) is 0 Å². The molecule has 0 aliphatic heterocycles. The lowest BCUT2D eigenvalue weighted by Crippen LogP contribution is -2.34. The number of pyridine rings is 1. The van der Waals surface area contributed by atoms with E-state index in [-0.39, 0.29) is 6.03 Å². The molecule has 3 aromatic heterocycles. The van der Waals surface area contributed by atoms with E-state index in [1.807, 2.05) is 47.2 Å². The lowest BCUT2D eigenvalue weighted by molar-refractivity contribution is 0.240. The lowest BCUT2D eigenvalue weighted by atomic mass is 10.1. The Hall–Kier alpha value is -2.18. The first kappa shape index (κ1) is 14.7. The van der Waals surface area contributed by atoms with Gasteiger partial charge in [0.15, 0.2) is 0 Å². The number of rotatable bonds is 5. The van der Waals surface area contributed by atoms with Gasteiger partial charge in [-0.05, 0) is 34.5 Å². The molecule has 0 bridgehead atoms. The van der Waals surface area contributed by atoms with Crippen molar-refractivity contribution in [2.45, 2.75) is 13.1 Å². The van der Waals surface area contributed by atoms with Crippen LogP contribution >= 0.6 is 22.7 Å². The van der Waals surface area contributed by atoms with Gasteiger partial charge in [0, 0.05) is 17.6 Å². The van der Waals surface area contributed by atoms with E-state index in [1.165, 1.54) is 0 Å². The summed E-state index contributed by atoms with van der Waals surface area (Å²) in [6, 6.07) is 11.7. The topological polar surface area (TPSA) is 54.0 Å². The van der Waals surface area contributed by atoms with Gasteiger partial charge in [0.2, 0.25) is 0 Å². The normalized spacial score (nSPS) is 10.4. The monoisotopic (exact) mass is 329 g/mol. The van der Waals surface area contributed by atoms with E-state index in [0.29, 0.717) is 13.1 Å². The predicted octanol–water partition coefficient (Wildman–Crippen LogP) is 3.87. The SMILES string of the molecule is O=C(NCc1cccs1)NCc1cccnc1-c1cccs1. The minimum absolute atomic E-state index is 0.172. The molecule has 0 saturated carbocycles. The molecule has 0 radical (unpaired) electrons. The molecule has 22 heavy (non-hydrogen) atoms. The molecule has 0 unspecified atom stereocenters. The number of aromatic nitrogens is 1. The first-order valence-corrected chi connectivity index (χ1v) is 8.61. The van der Waals surface area contributed by atoms with Gasteiger partial charge < -0.3 is 10.6 Å². The number of carbonyl (C=O) groups is 1. The molecule has 0 aliphatic rings. The van der Waals surface area contributed by atoms with Crippen molar-refractivity contribution in [1.29, 1.82) is 0 Å². The summed E-state index contributed by atoms with van der Waals surface area (Å²) in [5.74, 6) is 0. The fourth-order valence-corrected chi connectivity index (χ4v) is 3.44. The van der Waals surface area contributed by atoms with Gasteiger partial charge in [-0.25, -0.2) is 4.79 Å². The van der Waals surface area contributed by atoms with Crippen molar-refractivity contribution < 1.29 is 4.79 Å². The van der Waals surface area contributed by atoms with Crippen LogP contribution in [0.25, 0.3) is 10.6 Å². The Bertz CT molecular complexity index is 724. The van der Waals surface area contributed by atoms with Gasteiger partial charge in [-0.3, -0.25) is 4.98 Å². The molecular formula is C16H15N3OS2. The second-order valence-electron chi connectivity index (χ2n) is 4.60. The molecule has 3 heterocycles. The Labute approximate surface area is 136 Å². The highest BCUT2D eigenvalue weighted by Gasteiger charge is 2.08. The molecule has 3 aromatic rings. The van der Waals surface area contributed by atoms with Crippen LogP contribution < -0.4 is 10.6 Å². The number of hydrogen-bond acceptors (Lipinski definition) is 4. The molecule has 0 saturated heterocycles. The van der Waals surface area contributed by atoms with E-state index >= 15 is 0 Å². The van der Waals surface area contributed by atoms with Gasteiger partial charge in [-0.2, -0.15) is 0 Å². The second kappa shape index (κ2) is 7.20. The molecule has 6 heteroatoms. The third kappa shape index (κ3) is 3.72. The maximum Gasteiger partial charge on any atom is 0.315 e. The third-order valence-electron chi connectivity index (χ3n) is 3.09. The van der Waals surface area contributed by atoms with E-state index in [2.05, 4.69) is 15.6 Å². The summed E-state index contributed by atoms with van der Waals surface area (Å²) in [5, 5.41) is 9.76. The first-order chi connectivity index (χ1) is 10.8. The Balaban J connectivity index is 1.58. The van der Waals surface area contributed by atoms with Crippen LogP contribution in [0.4, 0.5) is 4.79 Å². The Kier molecular flexibility index (Phi) is 4.82. The number of hydrogen-bond donors (Lipinski definition) is 2. The number of amides is 2. The van der Waals surface area contributed by atoms with E-state index in [9.17, 15) is 4.79 Å². The van der Waals surface area contributed by atoms with Crippen molar-refractivity contribution in [3.63, 3.8) is 0 Å². The maximum atomic E-state index is 11.9. The molecule has 112 valence electrons. The summed E-state index contributed by atoms with van der Waals surface area (Å²) >= 11 is 3.27. The van der Waals surface area contributed by atoms with Gasteiger partial charge >= 0.3 is 6.03 Å². The largest absolute Gasteiger partial charge is 0.334 e. The molecule has 0 atom stereocenters. The van der Waals surface area contributed by atoms with E-state index in [0.717, 1.165) is 21.0 Å². The first-order valence-electron chi connectivity index (χ1n) is 6.85. The summed E-state index contributed by atoms with van der Waals surface area (Å²) in [4.78, 5) is 18.5. The van der Waals surface area contributed by atoms with Gasteiger partial charge in [-0.15, -0.1) is 22.7 Å². The minimum Gasteiger partial charge on any atom is -0.334 e. The highest BCUT2D eigenvalue weighted by molar-refractivity contribution is 7.13. The molecule has 0 fully saturated rings. The quantitative estimate of drug-likeness (QED) is 0.746. The molecule has 2 amide bonds. The number of nitrogens with one attached hydrogen (secondary N) is 2. The van der Waals surface area contributed by atoms with Gasteiger partial charge in [0.1, 0.15) is 0 Å². The lowest BCUT2D eigenvalue weighted by Gasteiger charge is -2.09. The smallest absolute Gasteiger partial charge is 0.315 e. The molecule has 0 spiro atoms. The zero-order chi connectivity index (χ0) is 15.2. The van der Waals surface area contributed by atoms with Crippen LogP contribution in [-0.2, 0) is 13.1 Å². The molecule has 0 aliphatic carbocycles. The van der Waals surface area contributed by atoms with Crippen LogP contribution in [0, 0.1) is 0 Å². The fraction of sp³-hybridized carbons (Fsp3) is 0.125. The van der Waals surface area contributed by atoms with Crippen LogP contribution in [0.15, 0.2) is 53.4 Å². The average molecular weight is 329 g/mol. The van der Waals surface area contributed by atoms with E-state index in [1.54, 1.807) is 28.9 Å². The number of nitrogens with zero attached hydrogens (tertiary/aromatic N) is 1. The van der Waals surface area contributed by atoms with Crippen LogP contribution in [0.3, 0.4) is 0 Å². The molecule has 2 N–H and O–H groups in total. The summed E-state index contributed by atoms with van der Waals surface area (Å²) in [6.45, 7) is 1.01. The number of thiophene rings is 2. The van der Waals surface area contributed by atoms with Crippen molar-refractivity contribution in [3.8, 4) is 10.6 Å². The second-order valence-corrected chi connectivity index (χ2v) is 6.58. The van der Waals surface area contributed by atoms with Crippen molar-refractivity contribution in [3.05, 3.63) is 63.8 Å². The molecular weight excluding hydrogens is 314 g/mol. The van der Waals surface area contributed by atoms with E-state index in [4.69, 9.17) is 0 Å². The van der Waals surface area contributed by atoms with Crippen molar-refractivity contribution in [1.82, 2.24) is 15.6 Å². The van der Waals surface area contributed by atoms with Crippen molar-refractivity contribution in [2.24, 2.45) is 0 Å². The fourth-order valence-electron chi connectivity index (χ4n) is 2.03. The Morgan fingerprint density at radius 2 is 1.82 bits per heavy atom. The van der Waals surface area contributed by atoms with Crippen LogP contribution in [-0.4, -0.2) is 11.0 Å². The number of urea groups is 1. The van der Waals surface area contributed by atoms with Gasteiger partial charge in [0.25, 0.3) is 0 Å². The molecule has 0 aromatic carbocycles. The maximum absolute atomic E-state index is 11.9. The zero-order valence-corrected chi connectivity index (χ0v) is 13.4. The average Bonchev–Trinajstić information content (AvgIpc) is 3.24. The summed E-state index contributed by atoms with van der Waals surface area (Å²) in [7, 11) is 0. The number of carbonyl (C=O) groups excluding carboxylic acids is 1. The Morgan fingerprint density at radius 3 is 2.59 bits per heavy atom. The summed E-state index contributed by atoms with van der Waals surface area (Å²) in [6.07, 6.45) is 1.77. The standard InChI is InChI=1S/C16H15N3OS2/c20-16(19-11-13-5-2-8-21-13)18-10-12-4-1-7-17-15(12)14-6-3-9-22-14/h1-9H,10-11H2,(H2,18,19,20). The van der Waals surface area contributed by atoms with Crippen molar-refractivity contribution in [2.75, 3.05) is 0 Å². The van der Waals surface area contributed by atoms with Crippen molar-refractivity contribution >= 4 is 28.7 Å². The van der Waals surface area contributed by atoms with Gasteiger partial charge in [0.05, 0.1) is 17.1 Å². The van der Waals surface area contributed by atoms with Crippen LogP contribution in [0.5, 0.6) is 0 Å². The van der Waals surface area contributed by atoms with E-state index < -0.39 is 0 Å². The molecule has 3 rings (SSSR count). The third-order valence-corrected chi connectivity index (χ3v) is 4.84. The predicted molar refractivity (Wildman–Crippen MR) is 90.9 cm³/mol. The highest BCUT2D eigenvalue weighted by atomic mass is 32.1. The Morgan fingerprint density at radius 1 is 1.00 bits per heavy atom. The highest BCUT2D eigenvalue weighted by Crippen LogP contribution is 2.25.